The zero-order valence-electron chi connectivity index (χ0n) is 19.0. The highest BCUT2D eigenvalue weighted by atomic mass is 79.9. The van der Waals surface area contributed by atoms with Gasteiger partial charge in [-0.1, -0.05) is 24.3 Å². The van der Waals surface area contributed by atoms with Gasteiger partial charge in [0.2, 0.25) is 0 Å². The maximum absolute atomic E-state index is 4.83. The van der Waals surface area contributed by atoms with Crippen molar-refractivity contribution in [1.82, 2.24) is 29.7 Å². The summed E-state index contributed by atoms with van der Waals surface area (Å²) in [5, 5.41) is 0. The average Bonchev–Trinajstić information content (AvgIpc) is 3.25. The van der Waals surface area contributed by atoms with Gasteiger partial charge in [0.05, 0.1) is 10.2 Å². The molecule has 0 aliphatic carbocycles. The second-order valence-electron chi connectivity index (χ2n) is 8.80. The number of aromatic nitrogens is 4. The maximum atomic E-state index is 4.83. The van der Waals surface area contributed by atoms with Crippen molar-refractivity contribution in [2.75, 3.05) is 45.2 Å². The lowest BCUT2D eigenvalue weighted by atomic mass is 10.1. The molecule has 0 saturated carbocycles. The molecule has 1 N–H and O–H groups in total. The Morgan fingerprint density at radius 2 is 1.85 bits per heavy atom. The van der Waals surface area contributed by atoms with Crippen LogP contribution in [0.4, 0.5) is 5.69 Å². The number of benzene rings is 1. The smallest absolute Gasteiger partial charge is 0.180 e. The van der Waals surface area contributed by atoms with Crippen LogP contribution in [0.1, 0.15) is 11.1 Å². The molecule has 170 valence electrons. The molecule has 1 saturated heterocycles. The molecule has 1 aliphatic heterocycles. The Morgan fingerprint density at radius 3 is 2.61 bits per heavy atom. The summed E-state index contributed by atoms with van der Waals surface area (Å²) in [7, 11) is 4.16. The predicted molar refractivity (Wildman–Crippen MR) is 136 cm³/mol. The number of piperazine rings is 1. The number of nitrogens with one attached hydrogen (secondary N) is 1. The quantitative estimate of drug-likeness (QED) is 0.424. The van der Waals surface area contributed by atoms with Gasteiger partial charge in [-0.05, 0) is 53.3 Å². The molecular formula is C25H28BrN7. The van der Waals surface area contributed by atoms with Crippen LogP contribution in [0.25, 0.3) is 22.6 Å². The molecule has 1 aromatic carbocycles. The van der Waals surface area contributed by atoms with Crippen LogP contribution in [0.15, 0.2) is 59.5 Å². The summed E-state index contributed by atoms with van der Waals surface area (Å²) in [4.78, 5) is 24.3. The van der Waals surface area contributed by atoms with Gasteiger partial charge in [0.25, 0.3) is 0 Å². The van der Waals surface area contributed by atoms with Crippen LogP contribution in [-0.4, -0.2) is 70.0 Å². The van der Waals surface area contributed by atoms with E-state index in [0.29, 0.717) is 0 Å². The van der Waals surface area contributed by atoms with E-state index in [4.69, 9.17) is 4.98 Å². The van der Waals surface area contributed by atoms with Crippen molar-refractivity contribution >= 4 is 32.8 Å². The summed E-state index contributed by atoms with van der Waals surface area (Å²) in [5.74, 6) is 0.854. The fourth-order valence-electron chi connectivity index (χ4n) is 4.43. The SMILES string of the molecule is CN(C)Cc1cccc(-c2nc3ncc(Br)c(N4CCN(Cc5cccnc5)CC4)c3[nH]2)c1. The summed E-state index contributed by atoms with van der Waals surface area (Å²) in [5.41, 5.74) is 6.47. The number of aromatic amines is 1. The number of hydrogen-bond donors (Lipinski definition) is 1. The number of anilines is 1. The van der Waals surface area contributed by atoms with Crippen LogP contribution >= 0.6 is 15.9 Å². The van der Waals surface area contributed by atoms with Crippen LogP contribution in [0, 0.1) is 0 Å². The third-order valence-corrected chi connectivity index (χ3v) is 6.54. The van der Waals surface area contributed by atoms with Crippen LogP contribution in [0.2, 0.25) is 0 Å². The summed E-state index contributed by atoms with van der Waals surface area (Å²) in [6.45, 7) is 5.73. The summed E-state index contributed by atoms with van der Waals surface area (Å²) in [6.07, 6.45) is 5.65. The minimum absolute atomic E-state index is 0.749. The fourth-order valence-corrected chi connectivity index (χ4v) is 4.98. The standard InChI is InChI=1S/C25H28BrN7/c1-31(2)16-18-5-3-7-20(13-18)24-29-22-23(21(26)15-28-25(22)30-24)33-11-9-32(10-12-33)17-19-6-4-8-27-14-19/h3-8,13-15H,9-12,16-17H2,1-2H3,(H,28,29,30). The molecule has 0 amide bonds. The molecule has 1 fully saturated rings. The van der Waals surface area contributed by atoms with Crippen molar-refractivity contribution in [1.29, 1.82) is 0 Å². The number of nitrogens with zero attached hydrogens (tertiary/aromatic N) is 6. The lowest BCUT2D eigenvalue weighted by Gasteiger charge is -2.36. The monoisotopic (exact) mass is 505 g/mol. The van der Waals surface area contributed by atoms with Crippen molar-refractivity contribution < 1.29 is 0 Å². The van der Waals surface area contributed by atoms with E-state index in [0.717, 1.165) is 72.0 Å². The van der Waals surface area contributed by atoms with Crippen molar-refractivity contribution in [2.24, 2.45) is 0 Å². The Balaban J connectivity index is 1.38. The average molecular weight is 506 g/mol. The van der Waals surface area contributed by atoms with Crippen molar-refractivity contribution in [3.05, 3.63) is 70.6 Å². The Kier molecular flexibility index (Phi) is 6.39. The Bertz CT molecular complexity index is 1230. The van der Waals surface area contributed by atoms with Gasteiger partial charge in [0.1, 0.15) is 11.3 Å². The lowest BCUT2D eigenvalue weighted by Crippen LogP contribution is -2.46. The number of rotatable bonds is 6. The van der Waals surface area contributed by atoms with E-state index in [1.165, 1.54) is 11.1 Å². The molecule has 1 aliphatic rings. The number of fused-ring (bicyclic) bond motifs is 1. The maximum Gasteiger partial charge on any atom is 0.180 e. The minimum Gasteiger partial charge on any atom is -0.366 e. The van der Waals surface area contributed by atoms with E-state index < -0.39 is 0 Å². The number of hydrogen-bond acceptors (Lipinski definition) is 6. The van der Waals surface area contributed by atoms with E-state index >= 15 is 0 Å². The van der Waals surface area contributed by atoms with E-state index in [2.05, 4.69) is 90.0 Å². The Hall–Kier alpha value is -2.81. The van der Waals surface area contributed by atoms with Crippen molar-refractivity contribution in [2.45, 2.75) is 13.1 Å². The van der Waals surface area contributed by atoms with Gasteiger partial charge in [0, 0.05) is 63.4 Å². The highest BCUT2D eigenvalue weighted by Crippen LogP contribution is 2.34. The molecule has 5 rings (SSSR count). The van der Waals surface area contributed by atoms with Crippen LogP contribution in [0.5, 0.6) is 0 Å². The highest BCUT2D eigenvalue weighted by molar-refractivity contribution is 9.10. The molecule has 4 aromatic rings. The zero-order chi connectivity index (χ0) is 22.8. The van der Waals surface area contributed by atoms with E-state index in [-0.39, 0.29) is 0 Å². The van der Waals surface area contributed by atoms with Crippen LogP contribution in [0.3, 0.4) is 0 Å². The van der Waals surface area contributed by atoms with Gasteiger partial charge >= 0.3 is 0 Å². The molecule has 33 heavy (non-hydrogen) atoms. The van der Waals surface area contributed by atoms with E-state index in [1.54, 1.807) is 0 Å². The molecule has 0 spiro atoms. The first kappa shape index (κ1) is 22.0. The van der Waals surface area contributed by atoms with Gasteiger partial charge in [0.15, 0.2) is 5.65 Å². The normalized spacial score (nSPS) is 15.0. The summed E-state index contributed by atoms with van der Waals surface area (Å²) >= 11 is 3.75. The molecule has 0 unspecified atom stereocenters. The second kappa shape index (κ2) is 9.59. The van der Waals surface area contributed by atoms with Crippen LogP contribution < -0.4 is 4.90 Å². The molecule has 0 bridgehead atoms. The number of pyridine rings is 2. The topological polar surface area (TPSA) is 64.2 Å². The lowest BCUT2D eigenvalue weighted by molar-refractivity contribution is 0.249. The third-order valence-electron chi connectivity index (χ3n) is 5.96. The van der Waals surface area contributed by atoms with Crippen molar-refractivity contribution in [3.63, 3.8) is 0 Å². The Morgan fingerprint density at radius 1 is 1.03 bits per heavy atom. The highest BCUT2D eigenvalue weighted by Gasteiger charge is 2.23. The van der Waals surface area contributed by atoms with Crippen molar-refractivity contribution in [3.8, 4) is 11.4 Å². The third kappa shape index (κ3) is 4.93. The molecule has 7 nitrogen and oxygen atoms in total. The molecular weight excluding hydrogens is 478 g/mol. The fraction of sp³-hybridized carbons (Fsp3) is 0.320. The number of H-pyrrole nitrogens is 1. The first-order valence-electron chi connectivity index (χ1n) is 11.2. The largest absolute Gasteiger partial charge is 0.366 e. The molecule has 0 atom stereocenters. The zero-order valence-corrected chi connectivity index (χ0v) is 20.6. The van der Waals surface area contributed by atoms with E-state index in [9.17, 15) is 0 Å². The molecule has 8 heteroatoms. The summed E-state index contributed by atoms with van der Waals surface area (Å²) < 4.78 is 0.993. The number of imidazole rings is 1. The van der Waals surface area contributed by atoms with Gasteiger partial charge < -0.3 is 14.8 Å². The van der Waals surface area contributed by atoms with E-state index in [1.807, 2.05) is 24.7 Å². The number of halogens is 1. The van der Waals surface area contributed by atoms with Crippen LogP contribution in [-0.2, 0) is 13.1 Å². The summed E-state index contributed by atoms with van der Waals surface area (Å²) in [6, 6.07) is 12.7. The Labute approximate surface area is 202 Å². The molecule has 0 radical (unpaired) electrons. The molecule has 4 heterocycles. The van der Waals surface area contributed by atoms with Gasteiger partial charge in [-0.3, -0.25) is 9.88 Å². The minimum atomic E-state index is 0.749. The van der Waals surface area contributed by atoms with Gasteiger partial charge in [-0.25, -0.2) is 9.97 Å². The second-order valence-corrected chi connectivity index (χ2v) is 9.66. The van der Waals surface area contributed by atoms with Gasteiger partial charge in [-0.2, -0.15) is 0 Å². The van der Waals surface area contributed by atoms with Gasteiger partial charge in [-0.15, -0.1) is 0 Å². The first-order chi connectivity index (χ1) is 16.1. The predicted octanol–water partition coefficient (Wildman–Crippen LogP) is 4.17. The molecule has 3 aromatic heterocycles. The first-order valence-corrected chi connectivity index (χ1v) is 12.0.